The van der Waals surface area contributed by atoms with Crippen molar-refractivity contribution in [1.29, 1.82) is 0 Å². The third kappa shape index (κ3) is 11.0. The predicted molar refractivity (Wildman–Crippen MR) is 157 cm³/mol. The first-order valence-corrected chi connectivity index (χ1v) is 13.9. The van der Waals surface area contributed by atoms with E-state index < -0.39 is 0 Å². The van der Waals surface area contributed by atoms with Crippen molar-refractivity contribution in [3.05, 3.63) is 90.0 Å². The summed E-state index contributed by atoms with van der Waals surface area (Å²) in [5.41, 5.74) is 12.0. The summed E-state index contributed by atoms with van der Waals surface area (Å²) in [4.78, 5) is 2.51. The fraction of sp³-hybridized carbons (Fsp3) is 0.455. The molecule has 0 bridgehead atoms. The summed E-state index contributed by atoms with van der Waals surface area (Å²) in [6.07, 6.45) is 14.1. The van der Waals surface area contributed by atoms with Gasteiger partial charge in [-0.2, -0.15) is 0 Å². The van der Waals surface area contributed by atoms with Crippen LogP contribution in [0.2, 0.25) is 0 Å². The molecular formula is C33H48N2. The van der Waals surface area contributed by atoms with Crippen LogP contribution >= 0.6 is 0 Å². The summed E-state index contributed by atoms with van der Waals surface area (Å²) in [6, 6.07) is 27.9. The molecule has 190 valence electrons. The number of hydrogen-bond donors (Lipinski definition) is 1. The number of anilines is 3. The van der Waals surface area contributed by atoms with Crippen LogP contribution in [0.3, 0.4) is 0 Å². The Morgan fingerprint density at radius 3 is 2.00 bits per heavy atom. The van der Waals surface area contributed by atoms with E-state index in [1.807, 2.05) is 18.2 Å². The first-order chi connectivity index (χ1) is 17.2. The van der Waals surface area contributed by atoms with E-state index in [0.29, 0.717) is 0 Å². The number of benzene rings is 3. The van der Waals surface area contributed by atoms with Crippen LogP contribution < -0.4 is 10.6 Å². The fourth-order valence-corrected chi connectivity index (χ4v) is 4.43. The van der Waals surface area contributed by atoms with Gasteiger partial charge in [-0.1, -0.05) is 114 Å². The minimum Gasteiger partial charge on any atom is -0.399 e. The van der Waals surface area contributed by atoms with Crippen LogP contribution in [0.15, 0.2) is 78.9 Å². The Hall–Kier alpha value is -2.74. The molecule has 0 unspecified atom stereocenters. The molecule has 0 aliphatic rings. The van der Waals surface area contributed by atoms with Gasteiger partial charge < -0.3 is 10.6 Å². The van der Waals surface area contributed by atoms with E-state index in [4.69, 9.17) is 5.73 Å². The molecule has 2 nitrogen and oxygen atoms in total. The predicted octanol–water partition coefficient (Wildman–Crippen LogP) is 9.75. The van der Waals surface area contributed by atoms with E-state index in [1.165, 1.54) is 86.7 Å². The van der Waals surface area contributed by atoms with Gasteiger partial charge in [0.15, 0.2) is 0 Å². The zero-order chi connectivity index (χ0) is 25.1. The van der Waals surface area contributed by atoms with E-state index >= 15 is 0 Å². The Morgan fingerprint density at radius 2 is 1.29 bits per heavy atom. The van der Waals surface area contributed by atoms with Crippen LogP contribution in [0.5, 0.6) is 0 Å². The van der Waals surface area contributed by atoms with Crippen LogP contribution in [0.1, 0.15) is 89.7 Å². The van der Waals surface area contributed by atoms with Crippen molar-refractivity contribution in [2.45, 2.75) is 91.4 Å². The van der Waals surface area contributed by atoms with Crippen molar-refractivity contribution in [2.24, 2.45) is 0 Å². The quantitative estimate of drug-likeness (QED) is 0.187. The number of nitrogen functional groups attached to an aromatic ring is 1. The van der Waals surface area contributed by atoms with Gasteiger partial charge in [0.2, 0.25) is 0 Å². The first-order valence-electron chi connectivity index (χ1n) is 13.9. The van der Waals surface area contributed by atoms with Gasteiger partial charge in [-0.05, 0) is 67.1 Å². The number of nitrogens with zero attached hydrogens (tertiary/aromatic N) is 1. The molecule has 0 saturated heterocycles. The second-order valence-corrected chi connectivity index (χ2v) is 9.48. The molecule has 0 fully saturated rings. The van der Waals surface area contributed by atoms with Crippen molar-refractivity contribution in [3.8, 4) is 0 Å². The molecule has 2 heteroatoms. The molecule has 35 heavy (non-hydrogen) atoms. The molecule has 3 aromatic rings. The summed E-state index contributed by atoms with van der Waals surface area (Å²) in [7, 11) is 0. The Kier molecular flexibility index (Phi) is 14.4. The van der Waals surface area contributed by atoms with Crippen LogP contribution in [0.25, 0.3) is 0 Å². The molecule has 0 amide bonds. The lowest BCUT2D eigenvalue weighted by Crippen LogP contribution is -2.19. The first kappa shape index (κ1) is 28.5. The molecule has 0 saturated carbocycles. The van der Waals surface area contributed by atoms with Gasteiger partial charge >= 0.3 is 0 Å². The average molecular weight is 473 g/mol. The van der Waals surface area contributed by atoms with Gasteiger partial charge in [0, 0.05) is 23.6 Å². The highest BCUT2D eigenvalue weighted by Crippen LogP contribution is 2.30. The minimum absolute atomic E-state index is 0.867. The second-order valence-electron chi connectivity index (χ2n) is 9.48. The smallest absolute Gasteiger partial charge is 0.0443 e. The van der Waals surface area contributed by atoms with E-state index in [1.54, 1.807) is 0 Å². The third-order valence-electron chi connectivity index (χ3n) is 6.37. The standard InChI is InChI=1S/C24H35N.C9H13N/c1-3-5-7-8-9-11-16-22-17-14-15-20-24(22)25(21-6-4-2)23-18-12-10-13-19-23;1-2-4-8-5-3-6-9(10)7-8/h10,12-15,17-20H,3-9,11,16,21H2,1-2H3;3,5-7H,2,4,10H2,1H3. The molecule has 3 rings (SSSR count). The SMILES string of the molecule is CCCCCCCCc1ccccc1N(CCCC)c1ccccc1.CCCc1cccc(N)c1. The molecule has 0 heterocycles. The van der Waals surface area contributed by atoms with Crippen molar-refractivity contribution < 1.29 is 0 Å². The van der Waals surface area contributed by atoms with Crippen molar-refractivity contribution >= 4 is 17.1 Å². The maximum absolute atomic E-state index is 5.59. The van der Waals surface area contributed by atoms with Crippen LogP contribution in [0, 0.1) is 0 Å². The van der Waals surface area contributed by atoms with Gasteiger partial charge in [-0.3, -0.25) is 0 Å². The molecule has 0 aromatic heterocycles. The van der Waals surface area contributed by atoms with Gasteiger partial charge in [-0.25, -0.2) is 0 Å². The summed E-state index contributed by atoms with van der Waals surface area (Å²) < 4.78 is 0. The second kappa shape index (κ2) is 17.7. The third-order valence-corrected chi connectivity index (χ3v) is 6.37. The van der Waals surface area contributed by atoms with Crippen LogP contribution in [-0.2, 0) is 12.8 Å². The molecule has 0 atom stereocenters. The van der Waals surface area contributed by atoms with E-state index in [9.17, 15) is 0 Å². The highest BCUT2D eigenvalue weighted by atomic mass is 15.1. The summed E-state index contributed by atoms with van der Waals surface area (Å²) in [5, 5.41) is 0. The number of nitrogens with two attached hydrogens (primary N) is 1. The van der Waals surface area contributed by atoms with E-state index in [-0.39, 0.29) is 0 Å². The molecule has 3 aromatic carbocycles. The molecule has 0 spiro atoms. The van der Waals surface area contributed by atoms with Crippen molar-refractivity contribution in [1.82, 2.24) is 0 Å². The zero-order valence-corrected chi connectivity index (χ0v) is 22.5. The molecule has 0 aliphatic heterocycles. The van der Waals surface area contributed by atoms with Gasteiger partial charge in [0.1, 0.15) is 0 Å². The van der Waals surface area contributed by atoms with Crippen LogP contribution in [-0.4, -0.2) is 6.54 Å². The number of rotatable bonds is 14. The Morgan fingerprint density at radius 1 is 0.600 bits per heavy atom. The maximum atomic E-state index is 5.59. The summed E-state index contributed by atoms with van der Waals surface area (Å²) in [6.45, 7) is 7.81. The largest absolute Gasteiger partial charge is 0.399 e. The lowest BCUT2D eigenvalue weighted by atomic mass is 10.0. The van der Waals surface area contributed by atoms with Gasteiger partial charge in [0.25, 0.3) is 0 Å². The summed E-state index contributed by atoms with van der Waals surface area (Å²) >= 11 is 0. The maximum Gasteiger partial charge on any atom is 0.0443 e. The number of para-hydroxylation sites is 2. The number of unbranched alkanes of at least 4 members (excludes halogenated alkanes) is 6. The molecule has 0 radical (unpaired) electrons. The average Bonchev–Trinajstić information content (AvgIpc) is 2.88. The van der Waals surface area contributed by atoms with Crippen LogP contribution in [0.4, 0.5) is 17.1 Å². The van der Waals surface area contributed by atoms with Gasteiger partial charge in [-0.15, -0.1) is 0 Å². The zero-order valence-electron chi connectivity index (χ0n) is 22.5. The van der Waals surface area contributed by atoms with E-state index in [2.05, 4.69) is 86.3 Å². The lowest BCUT2D eigenvalue weighted by molar-refractivity contribution is 0.607. The van der Waals surface area contributed by atoms with E-state index in [0.717, 1.165) is 18.7 Å². The normalized spacial score (nSPS) is 10.5. The topological polar surface area (TPSA) is 29.3 Å². The highest BCUT2D eigenvalue weighted by Gasteiger charge is 2.12. The Bertz CT molecular complexity index is 919. The monoisotopic (exact) mass is 472 g/mol. The Labute approximate surface area is 215 Å². The minimum atomic E-state index is 0.867. The Balaban J connectivity index is 0.000000360. The fourth-order valence-electron chi connectivity index (χ4n) is 4.43. The number of aryl methyl sites for hydroxylation is 2. The van der Waals surface area contributed by atoms with Gasteiger partial charge in [0.05, 0.1) is 0 Å². The number of hydrogen-bond acceptors (Lipinski definition) is 2. The molecule has 0 aliphatic carbocycles. The molecular weight excluding hydrogens is 424 g/mol. The highest BCUT2D eigenvalue weighted by molar-refractivity contribution is 5.66. The molecule has 2 N–H and O–H groups in total. The summed E-state index contributed by atoms with van der Waals surface area (Å²) in [5.74, 6) is 0. The van der Waals surface area contributed by atoms with Crippen molar-refractivity contribution in [3.63, 3.8) is 0 Å². The lowest BCUT2D eigenvalue weighted by Gasteiger charge is -2.27. The van der Waals surface area contributed by atoms with Crippen molar-refractivity contribution in [2.75, 3.05) is 17.2 Å².